The fourth-order valence-corrected chi connectivity index (χ4v) is 4.93. The van der Waals surface area contributed by atoms with E-state index in [0.717, 1.165) is 43.8 Å². The topological polar surface area (TPSA) is 102 Å². The van der Waals surface area contributed by atoms with Gasteiger partial charge in [-0.15, -0.1) is 0 Å². The molecule has 202 valence electrons. The lowest BCUT2D eigenvalue weighted by Gasteiger charge is -2.32. The summed E-state index contributed by atoms with van der Waals surface area (Å²) < 4.78 is 11.3. The van der Waals surface area contributed by atoms with Gasteiger partial charge in [0, 0.05) is 38.0 Å². The zero-order valence-corrected chi connectivity index (χ0v) is 23.2. The van der Waals surface area contributed by atoms with Gasteiger partial charge in [0.05, 0.1) is 19.9 Å². The van der Waals surface area contributed by atoms with Crippen molar-refractivity contribution in [2.75, 3.05) is 34.4 Å². The Morgan fingerprint density at radius 1 is 1.22 bits per heavy atom. The molecule has 3 aliphatic rings. The number of rotatable bonds is 11. The maximum atomic E-state index is 6.45. The third kappa shape index (κ3) is 7.54. The van der Waals surface area contributed by atoms with Crippen molar-refractivity contribution >= 4 is 11.5 Å². The molecule has 8 nitrogen and oxygen atoms in total. The van der Waals surface area contributed by atoms with E-state index in [2.05, 4.69) is 34.8 Å². The van der Waals surface area contributed by atoms with Crippen LogP contribution in [0.1, 0.15) is 52.4 Å². The molecule has 0 amide bonds. The van der Waals surface area contributed by atoms with Gasteiger partial charge in [-0.1, -0.05) is 25.7 Å². The van der Waals surface area contributed by atoms with Crippen LogP contribution in [-0.2, 0) is 9.47 Å². The highest BCUT2D eigenvalue weighted by atomic mass is 16.5. The van der Waals surface area contributed by atoms with Crippen LogP contribution in [0.4, 0.5) is 0 Å². The molecule has 2 aliphatic carbocycles. The van der Waals surface area contributed by atoms with Gasteiger partial charge in [-0.05, 0) is 74.7 Å². The molecule has 1 saturated heterocycles. The highest BCUT2D eigenvalue weighted by molar-refractivity contribution is 6.45. The summed E-state index contributed by atoms with van der Waals surface area (Å²) in [6, 6.07) is 0. The second-order valence-electron chi connectivity index (χ2n) is 9.82. The van der Waals surface area contributed by atoms with Crippen LogP contribution in [0.3, 0.4) is 0 Å². The van der Waals surface area contributed by atoms with Gasteiger partial charge in [0.15, 0.2) is 5.84 Å². The van der Waals surface area contributed by atoms with Crippen molar-refractivity contribution in [2.24, 2.45) is 33.4 Å². The Morgan fingerprint density at radius 3 is 2.57 bits per heavy atom. The average molecular weight is 509 g/mol. The molecule has 0 unspecified atom stereocenters. The van der Waals surface area contributed by atoms with Crippen molar-refractivity contribution in [3.63, 3.8) is 0 Å². The Hall–Kier alpha value is -3.42. The number of hydrogen-bond acceptors (Lipinski definition) is 7. The van der Waals surface area contributed by atoms with E-state index in [1.807, 2.05) is 32.0 Å². The van der Waals surface area contributed by atoms with Crippen LogP contribution in [0, 0.1) is 11.8 Å². The fraction of sp³-hybridized carbons (Fsp3) is 0.517. The third-order valence-corrected chi connectivity index (χ3v) is 6.90. The molecule has 1 heterocycles. The van der Waals surface area contributed by atoms with Crippen LogP contribution < -0.4 is 11.5 Å². The van der Waals surface area contributed by atoms with Gasteiger partial charge in [0.2, 0.25) is 5.88 Å². The maximum Gasteiger partial charge on any atom is 0.233 e. The maximum absolute atomic E-state index is 6.45. The van der Waals surface area contributed by atoms with Gasteiger partial charge in [-0.25, -0.2) is 4.99 Å². The first-order valence-electron chi connectivity index (χ1n) is 13.2. The van der Waals surface area contributed by atoms with Gasteiger partial charge in [-0.3, -0.25) is 5.01 Å². The number of nitrogens with two attached hydrogens (primary N) is 2. The standard InChI is InChI=1S/C29H44N6O2/c1-7-25(32-29(37-6)26(8-2)34(4)18-20(3)30)28(31)33-35-16-10-12-23(19-35)22-11-9-13-27(36-5)24(17-22)21-14-15-21/h7,11,13,17-18,21,23H,1,8-10,12,14-16,19,30H2,2-6H3,(H2,31,33)/b20-18-,29-26-,32-25+/t23-/m1/s1. The van der Waals surface area contributed by atoms with Crippen molar-refractivity contribution in [3.05, 3.63) is 71.3 Å². The number of nitrogens with zero attached hydrogens (tertiary/aromatic N) is 4. The van der Waals surface area contributed by atoms with E-state index < -0.39 is 0 Å². The number of ether oxygens (including phenoxy) is 2. The Morgan fingerprint density at radius 2 is 1.97 bits per heavy atom. The first-order valence-corrected chi connectivity index (χ1v) is 13.2. The number of hydrazone groups is 1. The number of piperidine rings is 1. The van der Waals surface area contributed by atoms with Crippen molar-refractivity contribution in [1.29, 1.82) is 0 Å². The molecular weight excluding hydrogens is 464 g/mol. The van der Waals surface area contributed by atoms with E-state index in [4.69, 9.17) is 26.0 Å². The summed E-state index contributed by atoms with van der Waals surface area (Å²) in [5, 5.41) is 6.82. The molecule has 0 bridgehead atoms. The number of aliphatic imine (C=N–C) groups is 1. The highest BCUT2D eigenvalue weighted by Gasteiger charge is 2.31. The lowest BCUT2D eigenvalue weighted by atomic mass is 9.89. The summed E-state index contributed by atoms with van der Waals surface area (Å²) in [4.78, 5) is 6.58. The largest absolute Gasteiger partial charge is 0.497 e. The number of allylic oxidation sites excluding steroid dienone is 6. The second-order valence-corrected chi connectivity index (χ2v) is 9.82. The fourth-order valence-electron chi connectivity index (χ4n) is 4.93. The summed E-state index contributed by atoms with van der Waals surface area (Å²) in [5.74, 6) is 2.84. The van der Waals surface area contributed by atoms with Crippen LogP contribution in [-0.4, -0.2) is 55.8 Å². The molecule has 0 radical (unpaired) electrons. The monoisotopic (exact) mass is 508 g/mol. The zero-order valence-electron chi connectivity index (χ0n) is 23.2. The first-order chi connectivity index (χ1) is 17.8. The molecule has 0 aromatic carbocycles. The molecule has 2 fully saturated rings. The molecule has 1 atom stereocenters. The molecular formula is C29H44N6O2. The minimum atomic E-state index is 0.321. The number of amidine groups is 1. The Kier molecular flexibility index (Phi) is 10.1. The highest BCUT2D eigenvalue weighted by Crippen LogP contribution is 2.42. The zero-order chi connectivity index (χ0) is 26.9. The minimum Gasteiger partial charge on any atom is -0.497 e. The molecule has 8 heteroatoms. The Bertz CT molecular complexity index is 1050. The van der Waals surface area contributed by atoms with Crippen LogP contribution in [0.2, 0.25) is 0 Å². The van der Waals surface area contributed by atoms with Crippen molar-refractivity contribution < 1.29 is 9.47 Å². The first kappa shape index (κ1) is 28.2. The second kappa shape index (κ2) is 13.2. The molecule has 0 aromatic rings. The van der Waals surface area contributed by atoms with Gasteiger partial charge in [0.25, 0.3) is 0 Å². The molecule has 1 saturated carbocycles. The van der Waals surface area contributed by atoms with Crippen molar-refractivity contribution in [2.45, 2.75) is 52.4 Å². The average Bonchev–Trinajstić information content (AvgIpc) is 3.72. The summed E-state index contributed by atoms with van der Waals surface area (Å²) in [6.45, 7) is 9.46. The molecule has 4 N–H and O–H groups in total. The summed E-state index contributed by atoms with van der Waals surface area (Å²) in [7, 11) is 5.28. The summed E-state index contributed by atoms with van der Waals surface area (Å²) in [5.41, 5.74) is 17.1. The van der Waals surface area contributed by atoms with Crippen LogP contribution in [0.15, 0.2) is 81.4 Å². The molecule has 0 spiro atoms. The smallest absolute Gasteiger partial charge is 0.233 e. The van der Waals surface area contributed by atoms with E-state index in [0.29, 0.717) is 41.4 Å². The van der Waals surface area contributed by atoms with Crippen molar-refractivity contribution in [1.82, 2.24) is 9.91 Å². The van der Waals surface area contributed by atoms with Crippen molar-refractivity contribution in [3.8, 4) is 0 Å². The van der Waals surface area contributed by atoms with E-state index in [9.17, 15) is 0 Å². The summed E-state index contributed by atoms with van der Waals surface area (Å²) in [6.07, 6.45) is 16.6. The van der Waals surface area contributed by atoms with Gasteiger partial charge < -0.3 is 25.8 Å². The van der Waals surface area contributed by atoms with E-state index in [1.54, 1.807) is 20.3 Å². The molecule has 1 aliphatic heterocycles. The third-order valence-electron chi connectivity index (χ3n) is 6.90. The molecule has 0 aromatic heterocycles. The van der Waals surface area contributed by atoms with E-state index in [-0.39, 0.29) is 0 Å². The van der Waals surface area contributed by atoms with Gasteiger partial charge >= 0.3 is 0 Å². The quantitative estimate of drug-likeness (QED) is 0.237. The van der Waals surface area contributed by atoms with E-state index >= 15 is 0 Å². The Labute approximate surface area is 222 Å². The predicted octanol–water partition coefficient (Wildman–Crippen LogP) is 4.77. The number of hydrogen-bond donors (Lipinski definition) is 2. The molecule has 37 heavy (non-hydrogen) atoms. The van der Waals surface area contributed by atoms with Gasteiger partial charge in [0.1, 0.15) is 11.5 Å². The van der Waals surface area contributed by atoms with Crippen LogP contribution >= 0.6 is 0 Å². The normalized spacial score (nSPS) is 22.3. The predicted molar refractivity (Wildman–Crippen MR) is 152 cm³/mol. The Balaban J connectivity index is 1.81. The lowest BCUT2D eigenvalue weighted by molar-refractivity contribution is 0.201. The SMILES string of the molecule is C=CC(=N\C(OC)=C(/CC)N(C)/C=C(/C)N)/C(N)=N/N1CCC[C@@H](C2=CCC=C(OC)C(C3CC3)=C2)C1. The lowest BCUT2D eigenvalue weighted by Crippen LogP contribution is -2.36. The summed E-state index contributed by atoms with van der Waals surface area (Å²) >= 11 is 0. The van der Waals surface area contributed by atoms with Crippen LogP contribution in [0.25, 0.3) is 0 Å². The number of methoxy groups -OCH3 is 2. The molecule has 3 rings (SSSR count). The minimum absolute atomic E-state index is 0.321. The van der Waals surface area contributed by atoms with Crippen LogP contribution in [0.5, 0.6) is 0 Å². The van der Waals surface area contributed by atoms with E-state index in [1.165, 1.54) is 24.0 Å². The van der Waals surface area contributed by atoms with Gasteiger partial charge in [-0.2, -0.15) is 5.10 Å².